The summed E-state index contributed by atoms with van der Waals surface area (Å²) in [7, 11) is 0. The van der Waals surface area contributed by atoms with Gasteiger partial charge in [-0.1, -0.05) is 54.1 Å². The van der Waals surface area contributed by atoms with Crippen molar-refractivity contribution in [3.63, 3.8) is 0 Å². The summed E-state index contributed by atoms with van der Waals surface area (Å²) < 4.78 is 0. The molecular weight excluding hydrogens is 370 g/mol. The molecule has 5 nitrogen and oxygen atoms in total. The van der Waals surface area contributed by atoms with Crippen LogP contribution in [0.15, 0.2) is 72.8 Å². The van der Waals surface area contributed by atoms with Crippen molar-refractivity contribution in [3.8, 4) is 0 Å². The average molecular weight is 396 g/mol. The molecule has 0 saturated heterocycles. The van der Waals surface area contributed by atoms with Crippen molar-refractivity contribution in [2.75, 3.05) is 10.6 Å². The Kier molecular flexibility index (Phi) is 5.70. The quantitative estimate of drug-likeness (QED) is 0.427. The van der Waals surface area contributed by atoms with Crippen molar-refractivity contribution in [3.05, 3.63) is 101 Å². The van der Waals surface area contributed by atoms with E-state index in [-0.39, 0.29) is 0 Å². The van der Waals surface area contributed by atoms with Gasteiger partial charge < -0.3 is 10.6 Å². The zero-order valence-corrected chi connectivity index (χ0v) is 17.5. The first kappa shape index (κ1) is 19.6. The molecule has 4 aromatic rings. The number of aromatic nitrogens is 3. The zero-order valence-electron chi connectivity index (χ0n) is 17.5. The lowest BCUT2D eigenvalue weighted by molar-refractivity contribution is 0.931. The van der Waals surface area contributed by atoms with Gasteiger partial charge in [0.05, 0.1) is 0 Å². The van der Waals surface area contributed by atoms with E-state index in [2.05, 4.69) is 94.9 Å². The Bertz CT molecular complexity index is 1010. The van der Waals surface area contributed by atoms with E-state index in [1.54, 1.807) is 0 Å². The minimum Gasteiger partial charge on any atom is -0.324 e. The molecule has 0 saturated carbocycles. The Balaban J connectivity index is 1.67. The molecule has 5 heteroatoms. The highest BCUT2D eigenvalue weighted by Crippen LogP contribution is 2.20. The van der Waals surface area contributed by atoms with Crippen LogP contribution in [-0.2, 0) is 6.42 Å². The van der Waals surface area contributed by atoms with E-state index in [9.17, 15) is 0 Å². The van der Waals surface area contributed by atoms with Gasteiger partial charge in [-0.15, -0.1) is 0 Å². The molecule has 0 fully saturated rings. The molecule has 1 aromatic heterocycles. The summed E-state index contributed by atoms with van der Waals surface area (Å²) in [5.74, 6) is 1.75. The Hall–Kier alpha value is -3.73. The second-order valence-electron chi connectivity index (χ2n) is 7.55. The van der Waals surface area contributed by atoms with Gasteiger partial charge in [0.1, 0.15) is 5.82 Å². The van der Waals surface area contributed by atoms with Gasteiger partial charge in [-0.3, -0.25) is 0 Å². The van der Waals surface area contributed by atoms with Gasteiger partial charge in [0.15, 0.2) is 0 Å². The Morgan fingerprint density at radius 1 is 0.600 bits per heavy atom. The fraction of sp³-hybridized carbons (Fsp3) is 0.160. The lowest BCUT2D eigenvalue weighted by Gasteiger charge is -2.11. The molecular formula is C25H25N5. The third kappa shape index (κ3) is 5.20. The van der Waals surface area contributed by atoms with Crippen LogP contribution in [0.1, 0.15) is 28.1 Å². The van der Waals surface area contributed by atoms with Crippen molar-refractivity contribution in [2.24, 2.45) is 0 Å². The Morgan fingerprint density at radius 2 is 1.10 bits per heavy atom. The molecule has 4 rings (SSSR count). The molecule has 0 bridgehead atoms. The maximum Gasteiger partial charge on any atom is 0.232 e. The highest BCUT2D eigenvalue weighted by atomic mass is 15.2. The molecule has 0 unspecified atom stereocenters. The Labute approximate surface area is 177 Å². The molecule has 0 radical (unpaired) electrons. The van der Waals surface area contributed by atoms with Crippen LogP contribution in [0, 0.1) is 20.8 Å². The molecule has 0 aliphatic heterocycles. The molecule has 150 valence electrons. The normalized spacial score (nSPS) is 10.6. The third-order valence-corrected chi connectivity index (χ3v) is 4.67. The topological polar surface area (TPSA) is 62.7 Å². The molecule has 0 aliphatic rings. The highest BCUT2D eigenvalue weighted by Gasteiger charge is 2.09. The number of benzene rings is 3. The van der Waals surface area contributed by atoms with Gasteiger partial charge >= 0.3 is 0 Å². The summed E-state index contributed by atoms with van der Waals surface area (Å²) >= 11 is 0. The van der Waals surface area contributed by atoms with Crippen LogP contribution in [0.4, 0.5) is 23.3 Å². The van der Waals surface area contributed by atoms with Crippen LogP contribution >= 0.6 is 0 Å². The number of hydrogen-bond donors (Lipinski definition) is 2. The van der Waals surface area contributed by atoms with Crippen LogP contribution in [0.5, 0.6) is 0 Å². The highest BCUT2D eigenvalue weighted by molar-refractivity contribution is 5.58. The van der Waals surface area contributed by atoms with Gasteiger partial charge in [0.25, 0.3) is 0 Å². The molecule has 0 spiro atoms. The van der Waals surface area contributed by atoms with E-state index >= 15 is 0 Å². The number of nitrogens with one attached hydrogen (secondary N) is 2. The van der Waals surface area contributed by atoms with E-state index in [1.807, 2.05) is 24.3 Å². The molecule has 2 N–H and O–H groups in total. The largest absolute Gasteiger partial charge is 0.324 e. The van der Waals surface area contributed by atoms with Gasteiger partial charge in [0.2, 0.25) is 11.9 Å². The first-order chi connectivity index (χ1) is 14.5. The predicted molar refractivity (Wildman–Crippen MR) is 123 cm³/mol. The van der Waals surface area contributed by atoms with Crippen LogP contribution in [0.3, 0.4) is 0 Å². The SMILES string of the molecule is Cc1cccc(Cc2nc(Nc3cccc(C)c3)nc(Nc3cccc(C)c3)n2)c1. The fourth-order valence-corrected chi connectivity index (χ4v) is 3.32. The van der Waals surface area contributed by atoms with Crippen molar-refractivity contribution in [2.45, 2.75) is 27.2 Å². The van der Waals surface area contributed by atoms with Crippen LogP contribution < -0.4 is 10.6 Å². The summed E-state index contributed by atoms with van der Waals surface area (Å²) in [6.45, 7) is 6.21. The molecule has 1 heterocycles. The number of hydrogen-bond acceptors (Lipinski definition) is 5. The van der Waals surface area contributed by atoms with Crippen LogP contribution in [0.25, 0.3) is 0 Å². The first-order valence-electron chi connectivity index (χ1n) is 10.0. The van der Waals surface area contributed by atoms with Gasteiger partial charge in [-0.25, -0.2) is 0 Å². The number of anilines is 4. The number of nitrogens with zero attached hydrogens (tertiary/aromatic N) is 3. The lowest BCUT2D eigenvalue weighted by atomic mass is 10.1. The summed E-state index contributed by atoms with van der Waals surface area (Å²) in [5, 5.41) is 6.64. The van der Waals surface area contributed by atoms with E-state index in [0.717, 1.165) is 11.4 Å². The second-order valence-corrected chi connectivity index (χ2v) is 7.55. The van der Waals surface area contributed by atoms with E-state index < -0.39 is 0 Å². The average Bonchev–Trinajstić information content (AvgIpc) is 2.68. The second kappa shape index (κ2) is 8.74. The summed E-state index contributed by atoms with van der Waals surface area (Å²) in [5.41, 5.74) is 6.63. The van der Waals surface area contributed by atoms with Crippen molar-refractivity contribution in [1.82, 2.24) is 15.0 Å². The zero-order chi connectivity index (χ0) is 20.9. The minimum atomic E-state index is 0.522. The van der Waals surface area contributed by atoms with Gasteiger partial charge in [-0.05, 0) is 61.7 Å². The van der Waals surface area contributed by atoms with Crippen molar-refractivity contribution >= 4 is 23.3 Å². The van der Waals surface area contributed by atoms with Gasteiger partial charge in [0, 0.05) is 17.8 Å². The maximum atomic E-state index is 4.67. The van der Waals surface area contributed by atoms with Crippen LogP contribution in [-0.4, -0.2) is 15.0 Å². The van der Waals surface area contributed by atoms with Crippen molar-refractivity contribution in [1.29, 1.82) is 0 Å². The fourth-order valence-electron chi connectivity index (χ4n) is 3.32. The monoisotopic (exact) mass is 395 g/mol. The lowest BCUT2D eigenvalue weighted by Crippen LogP contribution is -2.08. The van der Waals surface area contributed by atoms with E-state index in [1.165, 1.54) is 22.3 Å². The summed E-state index contributed by atoms with van der Waals surface area (Å²) in [6, 6.07) is 24.7. The summed E-state index contributed by atoms with van der Waals surface area (Å²) in [4.78, 5) is 13.9. The third-order valence-electron chi connectivity index (χ3n) is 4.67. The van der Waals surface area contributed by atoms with E-state index in [0.29, 0.717) is 24.1 Å². The van der Waals surface area contributed by atoms with E-state index in [4.69, 9.17) is 0 Å². The standard InChI is InChI=1S/C25H25N5/c1-17-7-4-10-20(13-17)16-23-28-24(26-21-11-5-8-18(2)14-21)30-25(29-23)27-22-12-6-9-19(3)15-22/h4-15H,16H2,1-3H3,(H2,26,27,28,29,30). The molecule has 0 atom stereocenters. The molecule has 30 heavy (non-hydrogen) atoms. The smallest absolute Gasteiger partial charge is 0.232 e. The van der Waals surface area contributed by atoms with Gasteiger partial charge in [-0.2, -0.15) is 15.0 Å². The molecule has 0 amide bonds. The molecule has 0 aliphatic carbocycles. The molecule has 3 aromatic carbocycles. The predicted octanol–water partition coefficient (Wildman–Crippen LogP) is 5.87. The Morgan fingerprint density at radius 3 is 1.60 bits per heavy atom. The number of aryl methyl sites for hydroxylation is 3. The number of rotatable bonds is 6. The van der Waals surface area contributed by atoms with Crippen LogP contribution in [0.2, 0.25) is 0 Å². The first-order valence-corrected chi connectivity index (χ1v) is 10.0. The minimum absolute atomic E-state index is 0.522. The summed E-state index contributed by atoms with van der Waals surface area (Å²) in [6.07, 6.45) is 0.634. The van der Waals surface area contributed by atoms with Crippen molar-refractivity contribution < 1.29 is 0 Å². The maximum absolute atomic E-state index is 4.67.